The lowest BCUT2D eigenvalue weighted by molar-refractivity contribution is -0.124. The highest BCUT2D eigenvalue weighted by Gasteiger charge is 2.49. The normalized spacial score (nSPS) is 23.0. The number of aromatic hydroxyl groups is 2. The summed E-state index contributed by atoms with van der Waals surface area (Å²) in [5, 5.41) is 18.0. The number of nitrogens with zero attached hydrogens (tertiary/aromatic N) is 4. The fourth-order valence-corrected chi connectivity index (χ4v) is 6.90. The molecule has 4 aromatic rings. The van der Waals surface area contributed by atoms with Crippen LogP contribution in [0.4, 0.5) is 11.4 Å². The number of hydrogen-bond donors (Lipinski definition) is 2. The number of β-lactam (4-membered cyclic amide) rings is 2. The Kier molecular flexibility index (Phi) is 7.19. The number of rotatable bonds is 7. The van der Waals surface area contributed by atoms with Crippen molar-refractivity contribution in [3.8, 4) is 11.5 Å². The standard InChI is InChI=1S/C34H28Cl2N4O4/c35-28-30(21-6-12-26(41)13-7-21)39(33(28)43)24-10-4-23(5-11-24)32-37-16-17-38(32)19-20-2-1-3-25(18-20)40-31(29(36)34(40)44)22-8-14-27(42)15-9-22/h1-15,18,28-31,41-42H,16-17,19H2. The molecule has 0 bridgehead atoms. The third kappa shape index (κ3) is 4.84. The Morgan fingerprint density at radius 1 is 0.705 bits per heavy atom. The molecule has 2 N–H and O–H groups in total. The van der Waals surface area contributed by atoms with E-state index in [0.717, 1.165) is 46.0 Å². The second-order valence-electron chi connectivity index (χ2n) is 11.1. The molecule has 4 aromatic carbocycles. The number of anilines is 2. The Hall–Kier alpha value is -4.53. The van der Waals surface area contributed by atoms with Gasteiger partial charge in [0.05, 0.1) is 18.6 Å². The quantitative estimate of drug-likeness (QED) is 0.201. The molecule has 3 aliphatic rings. The molecule has 4 unspecified atom stereocenters. The maximum absolute atomic E-state index is 12.8. The third-order valence-electron chi connectivity index (χ3n) is 8.42. The van der Waals surface area contributed by atoms with Crippen molar-refractivity contribution < 1.29 is 19.8 Å². The highest BCUT2D eigenvalue weighted by Crippen LogP contribution is 2.44. The zero-order valence-corrected chi connectivity index (χ0v) is 24.9. The summed E-state index contributed by atoms with van der Waals surface area (Å²) in [7, 11) is 0. The molecule has 0 radical (unpaired) electrons. The van der Waals surface area contributed by atoms with Crippen LogP contribution in [0.5, 0.6) is 11.5 Å². The summed E-state index contributed by atoms with van der Waals surface area (Å²) >= 11 is 12.8. The summed E-state index contributed by atoms with van der Waals surface area (Å²) in [5.74, 6) is 0.870. The first kappa shape index (κ1) is 28.3. The Morgan fingerprint density at radius 3 is 1.82 bits per heavy atom. The van der Waals surface area contributed by atoms with Crippen molar-refractivity contribution in [1.82, 2.24) is 4.90 Å². The lowest BCUT2D eigenvalue weighted by Gasteiger charge is -2.44. The maximum atomic E-state index is 12.8. The number of benzene rings is 4. The van der Waals surface area contributed by atoms with Crippen molar-refractivity contribution in [1.29, 1.82) is 0 Å². The molecule has 2 amide bonds. The molecule has 2 saturated heterocycles. The summed E-state index contributed by atoms with van der Waals surface area (Å²) in [4.78, 5) is 35.9. The highest BCUT2D eigenvalue weighted by atomic mass is 35.5. The Bertz CT molecular complexity index is 1760. The second-order valence-corrected chi connectivity index (χ2v) is 12.1. The molecule has 44 heavy (non-hydrogen) atoms. The van der Waals surface area contributed by atoms with Gasteiger partial charge in [0.25, 0.3) is 0 Å². The van der Waals surface area contributed by atoms with Crippen LogP contribution >= 0.6 is 23.2 Å². The van der Waals surface area contributed by atoms with Gasteiger partial charge in [-0.2, -0.15) is 0 Å². The number of hydrogen-bond acceptors (Lipinski definition) is 6. The van der Waals surface area contributed by atoms with Crippen molar-refractivity contribution in [3.05, 3.63) is 119 Å². The Morgan fingerprint density at radius 2 is 1.25 bits per heavy atom. The lowest BCUT2D eigenvalue weighted by Crippen LogP contribution is -2.56. The highest BCUT2D eigenvalue weighted by molar-refractivity contribution is 6.38. The second kappa shape index (κ2) is 11.2. The lowest BCUT2D eigenvalue weighted by atomic mass is 9.92. The topological polar surface area (TPSA) is 96.7 Å². The van der Waals surface area contributed by atoms with Crippen LogP contribution in [0.25, 0.3) is 0 Å². The van der Waals surface area contributed by atoms with Crippen LogP contribution in [-0.4, -0.2) is 56.6 Å². The molecule has 0 aliphatic carbocycles. The van der Waals surface area contributed by atoms with Crippen molar-refractivity contribution in [2.75, 3.05) is 22.9 Å². The summed E-state index contributed by atoms with van der Waals surface area (Å²) in [5.41, 5.74) is 5.20. The number of amides is 2. The molecule has 10 heteroatoms. The average molecular weight is 628 g/mol. The SMILES string of the molecule is O=C1C(Cl)C(c2ccc(O)cc2)N1c1ccc(C2=NCCN2Cc2cccc(N3C(=O)C(Cl)C3c3ccc(O)cc3)c2)cc1. The molecule has 4 atom stereocenters. The molecule has 8 nitrogen and oxygen atoms in total. The number of phenolic OH excluding ortho intramolecular Hbond substituents is 2. The molecule has 0 saturated carbocycles. The number of carbonyl (C=O) groups is 2. The van der Waals surface area contributed by atoms with Crippen molar-refractivity contribution >= 4 is 52.2 Å². The van der Waals surface area contributed by atoms with E-state index >= 15 is 0 Å². The number of amidine groups is 1. The zero-order valence-electron chi connectivity index (χ0n) is 23.4. The molecule has 0 aromatic heterocycles. The largest absolute Gasteiger partial charge is 0.508 e. The number of aliphatic imine (C=N–C) groups is 1. The summed E-state index contributed by atoms with van der Waals surface area (Å²) in [6.07, 6.45) is 0. The first-order valence-electron chi connectivity index (χ1n) is 14.3. The fourth-order valence-electron chi connectivity index (χ4n) is 6.17. The summed E-state index contributed by atoms with van der Waals surface area (Å²) < 4.78 is 0. The van der Waals surface area contributed by atoms with E-state index in [1.807, 2.05) is 48.5 Å². The third-order valence-corrected chi connectivity index (χ3v) is 9.27. The van der Waals surface area contributed by atoms with Gasteiger partial charge < -0.3 is 24.9 Å². The maximum Gasteiger partial charge on any atom is 0.248 e. The van der Waals surface area contributed by atoms with Gasteiger partial charge in [0.2, 0.25) is 11.8 Å². The van der Waals surface area contributed by atoms with E-state index in [9.17, 15) is 19.8 Å². The number of alkyl halides is 2. The van der Waals surface area contributed by atoms with E-state index in [0.29, 0.717) is 13.1 Å². The van der Waals surface area contributed by atoms with Gasteiger partial charge in [-0.25, -0.2) is 0 Å². The van der Waals surface area contributed by atoms with Crippen LogP contribution in [-0.2, 0) is 16.1 Å². The Balaban J connectivity index is 1.07. The molecule has 222 valence electrons. The van der Waals surface area contributed by atoms with Gasteiger partial charge in [-0.15, -0.1) is 23.2 Å². The van der Waals surface area contributed by atoms with E-state index in [2.05, 4.69) is 4.90 Å². The molecule has 3 heterocycles. The van der Waals surface area contributed by atoms with Crippen LogP contribution in [0.2, 0.25) is 0 Å². The van der Waals surface area contributed by atoms with E-state index in [-0.39, 0.29) is 35.4 Å². The molecule has 2 fully saturated rings. The fraction of sp³-hybridized carbons (Fsp3) is 0.206. The first-order chi connectivity index (χ1) is 21.3. The van der Waals surface area contributed by atoms with Crippen molar-refractivity contribution in [2.24, 2.45) is 4.99 Å². The molecular formula is C34H28Cl2N4O4. The molecule has 7 rings (SSSR count). The number of phenols is 2. The minimum atomic E-state index is -0.665. The average Bonchev–Trinajstić information content (AvgIpc) is 3.51. The predicted molar refractivity (Wildman–Crippen MR) is 171 cm³/mol. The Labute approximate surface area is 264 Å². The van der Waals surface area contributed by atoms with Crippen molar-refractivity contribution in [3.63, 3.8) is 0 Å². The van der Waals surface area contributed by atoms with Crippen molar-refractivity contribution in [2.45, 2.75) is 29.4 Å². The minimum absolute atomic E-state index is 0.153. The minimum Gasteiger partial charge on any atom is -0.508 e. The van der Waals surface area contributed by atoms with E-state index < -0.39 is 10.8 Å². The monoisotopic (exact) mass is 626 g/mol. The van der Waals surface area contributed by atoms with Gasteiger partial charge in [0.15, 0.2) is 0 Å². The first-order valence-corrected chi connectivity index (χ1v) is 15.2. The van der Waals surface area contributed by atoms with Crippen LogP contribution in [0, 0.1) is 0 Å². The smallest absolute Gasteiger partial charge is 0.248 e. The number of halogens is 2. The summed E-state index contributed by atoms with van der Waals surface area (Å²) in [6.45, 7) is 2.02. The molecular weight excluding hydrogens is 599 g/mol. The zero-order chi connectivity index (χ0) is 30.5. The number of carbonyl (C=O) groups excluding carboxylic acids is 2. The summed E-state index contributed by atoms with van der Waals surface area (Å²) in [6, 6.07) is 28.5. The van der Waals surface area contributed by atoms with E-state index in [4.69, 9.17) is 28.2 Å². The van der Waals surface area contributed by atoms with Crippen LogP contribution in [0.3, 0.4) is 0 Å². The van der Waals surface area contributed by atoms with Gasteiger partial charge >= 0.3 is 0 Å². The van der Waals surface area contributed by atoms with Crippen LogP contribution < -0.4 is 9.80 Å². The van der Waals surface area contributed by atoms with E-state index in [1.54, 1.807) is 58.3 Å². The van der Waals surface area contributed by atoms with Gasteiger partial charge in [-0.1, -0.05) is 36.4 Å². The van der Waals surface area contributed by atoms with Crippen LogP contribution in [0.1, 0.15) is 34.3 Å². The van der Waals surface area contributed by atoms with E-state index in [1.165, 1.54) is 0 Å². The van der Waals surface area contributed by atoms with Gasteiger partial charge in [0.1, 0.15) is 28.1 Å². The van der Waals surface area contributed by atoms with Gasteiger partial charge in [-0.3, -0.25) is 14.6 Å². The van der Waals surface area contributed by atoms with Crippen LogP contribution in [0.15, 0.2) is 102 Å². The molecule has 3 aliphatic heterocycles. The van der Waals surface area contributed by atoms with Gasteiger partial charge in [-0.05, 0) is 77.4 Å². The predicted octanol–water partition coefficient (Wildman–Crippen LogP) is 5.75. The molecule has 0 spiro atoms. The van der Waals surface area contributed by atoms with Gasteiger partial charge in [0, 0.05) is 30.0 Å².